The molecule has 0 atom stereocenters. The fraction of sp³-hybridized carbons (Fsp3) is 0.889. The van der Waals surface area contributed by atoms with Crippen LogP contribution in [-0.2, 0) is 9.53 Å². The van der Waals surface area contributed by atoms with E-state index in [1.165, 1.54) is 12.8 Å². The van der Waals surface area contributed by atoms with E-state index in [-0.39, 0.29) is 5.97 Å². The second kappa shape index (κ2) is 4.45. The molecule has 0 aliphatic heterocycles. The zero-order chi connectivity index (χ0) is 8.97. The minimum atomic E-state index is -0.129. The summed E-state index contributed by atoms with van der Waals surface area (Å²) >= 11 is 0. The SMILES string of the molecule is CC(C)COC(=O)CNC1CC1. The maximum Gasteiger partial charge on any atom is 0.319 e. The van der Waals surface area contributed by atoms with Gasteiger partial charge in [0.25, 0.3) is 0 Å². The van der Waals surface area contributed by atoms with Crippen molar-refractivity contribution in [3.8, 4) is 0 Å². The first kappa shape index (κ1) is 9.52. The van der Waals surface area contributed by atoms with Gasteiger partial charge in [0.2, 0.25) is 0 Å². The third-order valence-electron chi connectivity index (χ3n) is 1.69. The monoisotopic (exact) mass is 171 g/mol. The maximum absolute atomic E-state index is 11.0. The molecule has 0 aromatic rings. The van der Waals surface area contributed by atoms with Gasteiger partial charge in [-0.25, -0.2) is 0 Å². The number of hydrogen-bond acceptors (Lipinski definition) is 3. The smallest absolute Gasteiger partial charge is 0.319 e. The van der Waals surface area contributed by atoms with Gasteiger partial charge < -0.3 is 10.1 Å². The van der Waals surface area contributed by atoms with E-state index in [1.807, 2.05) is 13.8 Å². The molecule has 0 saturated heterocycles. The van der Waals surface area contributed by atoms with Crippen LogP contribution in [0.25, 0.3) is 0 Å². The molecule has 1 rings (SSSR count). The van der Waals surface area contributed by atoms with Crippen molar-refractivity contribution < 1.29 is 9.53 Å². The van der Waals surface area contributed by atoms with Gasteiger partial charge in [0.15, 0.2) is 0 Å². The van der Waals surface area contributed by atoms with Crippen molar-refractivity contribution in [2.75, 3.05) is 13.2 Å². The Morgan fingerprint density at radius 1 is 1.58 bits per heavy atom. The largest absolute Gasteiger partial charge is 0.464 e. The molecule has 1 fully saturated rings. The molecule has 0 unspecified atom stereocenters. The first-order valence-electron chi connectivity index (χ1n) is 4.57. The van der Waals surface area contributed by atoms with E-state index in [0.717, 1.165) is 0 Å². The van der Waals surface area contributed by atoms with Gasteiger partial charge in [0.05, 0.1) is 13.2 Å². The van der Waals surface area contributed by atoms with Crippen LogP contribution < -0.4 is 5.32 Å². The van der Waals surface area contributed by atoms with Crippen molar-refractivity contribution in [1.29, 1.82) is 0 Å². The van der Waals surface area contributed by atoms with Crippen LogP contribution in [0.5, 0.6) is 0 Å². The van der Waals surface area contributed by atoms with Gasteiger partial charge in [-0.05, 0) is 18.8 Å². The van der Waals surface area contributed by atoms with Crippen LogP contribution in [0.15, 0.2) is 0 Å². The quantitative estimate of drug-likeness (QED) is 0.625. The molecule has 0 aromatic carbocycles. The normalized spacial score (nSPS) is 16.6. The van der Waals surface area contributed by atoms with Crippen molar-refractivity contribution in [3.63, 3.8) is 0 Å². The van der Waals surface area contributed by atoms with Crippen molar-refractivity contribution in [2.45, 2.75) is 32.7 Å². The number of esters is 1. The van der Waals surface area contributed by atoms with Gasteiger partial charge in [0, 0.05) is 6.04 Å². The van der Waals surface area contributed by atoms with Gasteiger partial charge >= 0.3 is 5.97 Å². The molecule has 0 amide bonds. The third-order valence-corrected chi connectivity index (χ3v) is 1.69. The predicted molar refractivity (Wildman–Crippen MR) is 46.8 cm³/mol. The van der Waals surface area contributed by atoms with Crippen molar-refractivity contribution >= 4 is 5.97 Å². The molecule has 0 heterocycles. The summed E-state index contributed by atoms with van der Waals surface area (Å²) in [6, 6.07) is 0.580. The van der Waals surface area contributed by atoms with Crippen LogP contribution in [0.4, 0.5) is 0 Å². The first-order valence-corrected chi connectivity index (χ1v) is 4.57. The molecular formula is C9H17NO2. The number of carbonyl (C=O) groups is 1. The zero-order valence-electron chi connectivity index (χ0n) is 7.80. The Morgan fingerprint density at radius 2 is 2.25 bits per heavy atom. The minimum Gasteiger partial charge on any atom is -0.464 e. The Hall–Kier alpha value is -0.570. The fourth-order valence-corrected chi connectivity index (χ4v) is 0.826. The summed E-state index contributed by atoms with van der Waals surface area (Å²) in [6.45, 7) is 4.96. The summed E-state index contributed by atoms with van der Waals surface area (Å²) < 4.78 is 4.98. The van der Waals surface area contributed by atoms with Gasteiger partial charge in [-0.2, -0.15) is 0 Å². The summed E-state index contributed by atoms with van der Waals surface area (Å²) in [5, 5.41) is 3.11. The molecule has 3 heteroatoms. The zero-order valence-corrected chi connectivity index (χ0v) is 7.80. The predicted octanol–water partition coefficient (Wildman–Crippen LogP) is 0.938. The van der Waals surface area contributed by atoms with E-state index in [2.05, 4.69) is 5.32 Å². The van der Waals surface area contributed by atoms with Gasteiger partial charge in [-0.15, -0.1) is 0 Å². The number of carbonyl (C=O) groups excluding carboxylic acids is 1. The van der Waals surface area contributed by atoms with Crippen molar-refractivity contribution in [3.05, 3.63) is 0 Å². The Morgan fingerprint density at radius 3 is 2.75 bits per heavy atom. The molecule has 0 bridgehead atoms. The lowest BCUT2D eigenvalue weighted by atomic mass is 10.2. The maximum atomic E-state index is 11.0. The Bertz CT molecular complexity index is 145. The van der Waals surface area contributed by atoms with E-state index in [4.69, 9.17) is 4.74 Å². The molecule has 1 N–H and O–H groups in total. The van der Waals surface area contributed by atoms with Crippen LogP contribution in [0.3, 0.4) is 0 Å². The lowest BCUT2D eigenvalue weighted by molar-refractivity contribution is -0.143. The van der Waals surface area contributed by atoms with E-state index < -0.39 is 0 Å². The summed E-state index contributed by atoms with van der Waals surface area (Å²) in [7, 11) is 0. The fourth-order valence-electron chi connectivity index (χ4n) is 0.826. The van der Waals surface area contributed by atoms with Crippen LogP contribution >= 0.6 is 0 Å². The second-order valence-corrected chi connectivity index (χ2v) is 3.73. The minimum absolute atomic E-state index is 0.129. The molecular weight excluding hydrogens is 154 g/mol. The van der Waals surface area contributed by atoms with Gasteiger partial charge in [-0.3, -0.25) is 4.79 Å². The van der Waals surface area contributed by atoms with E-state index >= 15 is 0 Å². The summed E-state index contributed by atoms with van der Waals surface area (Å²) in [5.41, 5.74) is 0. The highest BCUT2D eigenvalue weighted by molar-refractivity contribution is 5.71. The van der Waals surface area contributed by atoms with Crippen molar-refractivity contribution in [2.24, 2.45) is 5.92 Å². The van der Waals surface area contributed by atoms with Gasteiger partial charge in [0.1, 0.15) is 0 Å². The molecule has 0 radical (unpaired) electrons. The first-order chi connectivity index (χ1) is 5.68. The van der Waals surface area contributed by atoms with E-state index in [0.29, 0.717) is 25.1 Å². The summed E-state index contributed by atoms with van der Waals surface area (Å²) in [6.07, 6.45) is 2.41. The average molecular weight is 171 g/mol. The highest BCUT2D eigenvalue weighted by Crippen LogP contribution is 2.17. The molecule has 1 saturated carbocycles. The molecule has 12 heavy (non-hydrogen) atoms. The van der Waals surface area contributed by atoms with E-state index in [9.17, 15) is 4.79 Å². The number of rotatable bonds is 5. The van der Waals surface area contributed by atoms with E-state index in [1.54, 1.807) is 0 Å². The van der Waals surface area contributed by atoms with Gasteiger partial charge in [-0.1, -0.05) is 13.8 Å². The molecule has 1 aliphatic rings. The molecule has 3 nitrogen and oxygen atoms in total. The summed E-state index contributed by atoms with van der Waals surface area (Å²) in [4.78, 5) is 11.0. The van der Waals surface area contributed by atoms with Crippen LogP contribution in [0, 0.1) is 5.92 Å². The standard InChI is InChI=1S/C9H17NO2/c1-7(2)6-12-9(11)5-10-8-3-4-8/h7-8,10H,3-6H2,1-2H3. The summed E-state index contributed by atoms with van der Waals surface area (Å²) in [5.74, 6) is 0.297. The Balaban J connectivity index is 1.95. The van der Waals surface area contributed by atoms with Crippen molar-refractivity contribution in [1.82, 2.24) is 5.32 Å². The van der Waals surface area contributed by atoms with Crippen LogP contribution in [0.1, 0.15) is 26.7 Å². The molecule has 1 aliphatic carbocycles. The number of nitrogens with one attached hydrogen (secondary N) is 1. The lowest BCUT2D eigenvalue weighted by Gasteiger charge is -2.07. The average Bonchev–Trinajstić information content (AvgIpc) is 2.80. The number of ether oxygens (including phenoxy) is 1. The molecule has 0 spiro atoms. The lowest BCUT2D eigenvalue weighted by Crippen LogP contribution is -2.27. The van der Waals surface area contributed by atoms with Crippen LogP contribution in [-0.4, -0.2) is 25.2 Å². The highest BCUT2D eigenvalue weighted by atomic mass is 16.5. The Labute approximate surface area is 73.5 Å². The highest BCUT2D eigenvalue weighted by Gasteiger charge is 2.21. The second-order valence-electron chi connectivity index (χ2n) is 3.73. The topological polar surface area (TPSA) is 38.3 Å². The third kappa shape index (κ3) is 4.34. The Kier molecular flexibility index (Phi) is 3.53. The molecule has 70 valence electrons. The van der Waals surface area contributed by atoms with Crippen LogP contribution in [0.2, 0.25) is 0 Å². The molecule has 0 aromatic heterocycles. The number of hydrogen-bond donors (Lipinski definition) is 1.